The molecule has 0 amide bonds. The number of benzene rings is 2. The van der Waals surface area contributed by atoms with Crippen LogP contribution in [0.5, 0.6) is 5.75 Å². The average molecular weight is 403 g/mol. The standard InChI is InChI=1S/C22H19N5OS/c1-26-9-8-17-18(11-26)29-22-20(17)21-24-19(25-27(21)13-23-22)12-28-16-7-6-14-4-2-3-5-15(14)10-16/h2-7,10,13H,8-9,11-12H2,1H3/p+1. The highest BCUT2D eigenvalue weighted by molar-refractivity contribution is 7.19. The maximum absolute atomic E-state index is 5.99. The number of fused-ring (bicyclic) bond motifs is 6. The van der Waals surface area contributed by atoms with E-state index in [0.29, 0.717) is 12.4 Å². The van der Waals surface area contributed by atoms with Gasteiger partial charge >= 0.3 is 0 Å². The summed E-state index contributed by atoms with van der Waals surface area (Å²) in [6, 6.07) is 14.4. The van der Waals surface area contributed by atoms with Gasteiger partial charge in [0.1, 0.15) is 30.1 Å². The van der Waals surface area contributed by atoms with Crippen LogP contribution in [-0.2, 0) is 19.6 Å². The molecule has 6 nitrogen and oxygen atoms in total. The second-order valence-electron chi connectivity index (χ2n) is 7.66. The number of thiophene rings is 1. The second-order valence-corrected chi connectivity index (χ2v) is 8.74. The summed E-state index contributed by atoms with van der Waals surface area (Å²) in [4.78, 5) is 13.5. The van der Waals surface area contributed by atoms with Gasteiger partial charge < -0.3 is 9.64 Å². The number of ether oxygens (including phenoxy) is 1. The SMILES string of the molecule is C[NH+]1CCc2c(sc3ncn4nc(COc5ccc6ccccc6c5)nc4c23)C1. The third-order valence-electron chi connectivity index (χ3n) is 5.61. The Bertz CT molecular complexity index is 1370. The van der Waals surface area contributed by atoms with Crippen molar-refractivity contribution in [1.82, 2.24) is 19.6 Å². The summed E-state index contributed by atoms with van der Waals surface area (Å²) in [7, 11) is 2.25. The predicted octanol–water partition coefficient (Wildman–Crippen LogP) is 2.64. The quantitative estimate of drug-likeness (QED) is 0.504. The van der Waals surface area contributed by atoms with Crippen LogP contribution in [0.3, 0.4) is 0 Å². The van der Waals surface area contributed by atoms with Gasteiger partial charge in [0, 0.05) is 6.42 Å². The first-order chi connectivity index (χ1) is 14.2. The second kappa shape index (κ2) is 6.50. The molecule has 0 radical (unpaired) electrons. The monoisotopic (exact) mass is 402 g/mol. The summed E-state index contributed by atoms with van der Waals surface area (Å²) >= 11 is 1.79. The Hall–Kier alpha value is -3.03. The summed E-state index contributed by atoms with van der Waals surface area (Å²) < 4.78 is 7.78. The van der Waals surface area contributed by atoms with Crippen LogP contribution < -0.4 is 9.64 Å². The maximum atomic E-state index is 5.99. The molecular formula is C22H20N5OS+. The highest BCUT2D eigenvalue weighted by atomic mass is 32.1. The zero-order valence-corrected chi connectivity index (χ0v) is 16.9. The molecule has 1 atom stereocenters. The maximum Gasteiger partial charge on any atom is 0.189 e. The third-order valence-corrected chi connectivity index (χ3v) is 6.75. The van der Waals surface area contributed by atoms with Crippen molar-refractivity contribution in [2.75, 3.05) is 13.6 Å². The number of hydrogen-bond acceptors (Lipinski definition) is 5. The minimum absolute atomic E-state index is 0.334. The molecule has 144 valence electrons. The van der Waals surface area contributed by atoms with E-state index >= 15 is 0 Å². The van der Waals surface area contributed by atoms with Gasteiger partial charge in [-0.25, -0.2) is 14.5 Å². The average Bonchev–Trinajstić information content (AvgIpc) is 3.32. The molecule has 0 bridgehead atoms. The largest absolute Gasteiger partial charge is 0.486 e. The van der Waals surface area contributed by atoms with Crippen LogP contribution in [0.25, 0.3) is 26.6 Å². The van der Waals surface area contributed by atoms with Crippen molar-refractivity contribution in [2.24, 2.45) is 0 Å². The first-order valence-electron chi connectivity index (χ1n) is 9.82. The fourth-order valence-corrected chi connectivity index (χ4v) is 5.41. The van der Waals surface area contributed by atoms with E-state index in [9.17, 15) is 0 Å². The number of quaternary nitrogens is 1. The molecule has 7 heteroatoms. The summed E-state index contributed by atoms with van der Waals surface area (Å²) in [6.45, 7) is 2.54. The van der Waals surface area contributed by atoms with E-state index < -0.39 is 0 Å². The van der Waals surface area contributed by atoms with Gasteiger partial charge in [0.25, 0.3) is 0 Å². The van der Waals surface area contributed by atoms with Crippen molar-refractivity contribution in [3.63, 3.8) is 0 Å². The molecule has 0 fully saturated rings. The Morgan fingerprint density at radius 2 is 2.07 bits per heavy atom. The molecule has 4 heterocycles. The van der Waals surface area contributed by atoms with Crippen LogP contribution in [-0.4, -0.2) is 33.2 Å². The zero-order chi connectivity index (χ0) is 19.4. The molecular weight excluding hydrogens is 382 g/mol. The lowest BCUT2D eigenvalue weighted by Gasteiger charge is -2.19. The highest BCUT2D eigenvalue weighted by Gasteiger charge is 2.24. The Morgan fingerprint density at radius 3 is 3.00 bits per heavy atom. The van der Waals surface area contributed by atoms with Crippen LogP contribution >= 0.6 is 11.3 Å². The molecule has 0 spiro atoms. The Balaban J connectivity index is 1.34. The van der Waals surface area contributed by atoms with Gasteiger partial charge in [-0.1, -0.05) is 30.3 Å². The van der Waals surface area contributed by atoms with Crippen molar-refractivity contribution in [1.29, 1.82) is 0 Å². The smallest absolute Gasteiger partial charge is 0.189 e. The third kappa shape index (κ3) is 2.85. The van der Waals surface area contributed by atoms with Crippen LogP contribution in [0.1, 0.15) is 16.3 Å². The number of nitrogens with zero attached hydrogens (tertiary/aromatic N) is 4. The molecule has 0 saturated heterocycles. The van der Waals surface area contributed by atoms with E-state index in [-0.39, 0.29) is 0 Å². The van der Waals surface area contributed by atoms with E-state index in [1.165, 1.54) is 21.2 Å². The zero-order valence-electron chi connectivity index (χ0n) is 16.1. The number of aromatic nitrogens is 4. The van der Waals surface area contributed by atoms with Gasteiger partial charge in [0.15, 0.2) is 11.5 Å². The summed E-state index contributed by atoms with van der Waals surface area (Å²) in [5.41, 5.74) is 2.30. The van der Waals surface area contributed by atoms with Gasteiger partial charge in [-0.15, -0.1) is 16.4 Å². The lowest BCUT2D eigenvalue weighted by atomic mass is 10.1. The lowest BCUT2D eigenvalue weighted by molar-refractivity contribution is -0.895. The molecule has 5 aromatic rings. The van der Waals surface area contributed by atoms with Crippen molar-refractivity contribution < 1.29 is 9.64 Å². The molecule has 0 aliphatic carbocycles. The summed E-state index contributed by atoms with van der Waals surface area (Å²) in [5.74, 6) is 1.50. The fourth-order valence-electron chi connectivity index (χ4n) is 4.12. The van der Waals surface area contributed by atoms with E-state index in [2.05, 4.69) is 41.4 Å². The van der Waals surface area contributed by atoms with Gasteiger partial charge in [0.05, 0.1) is 23.9 Å². The molecule has 2 aromatic carbocycles. The van der Waals surface area contributed by atoms with Gasteiger partial charge in [-0.3, -0.25) is 0 Å². The van der Waals surface area contributed by atoms with Gasteiger partial charge in [-0.05, 0) is 28.5 Å². The number of rotatable bonds is 3. The molecule has 6 rings (SSSR count). The predicted molar refractivity (Wildman–Crippen MR) is 114 cm³/mol. The number of hydrogen-bond donors (Lipinski definition) is 1. The first-order valence-corrected chi connectivity index (χ1v) is 10.6. The Labute approximate surface area is 171 Å². The fraction of sp³-hybridized carbons (Fsp3) is 0.227. The van der Waals surface area contributed by atoms with Crippen LogP contribution in [0.2, 0.25) is 0 Å². The molecule has 1 aliphatic heterocycles. The van der Waals surface area contributed by atoms with Crippen LogP contribution in [0.4, 0.5) is 0 Å². The van der Waals surface area contributed by atoms with E-state index in [0.717, 1.165) is 41.1 Å². The van der Waals surface area contributed by atoms with Crippen molar-refractivity contribution in [3.8, 4) is 5.75 Å². The van der Waals surface area contributed by atoms with E-state index in [1.807, 2.05) is 18.2 Å². The lowest BCUT2D eigenvalue weighted by Crippen LogP contribution is -3.08. The van der Waals surface area contributed by atoms with Crippen LogP contribution in [0, 0.1) is 0 Å². The molecule has 0 saturated carbocycles. The van der Waals surface area contributed by atoms with Crippen LogP contribution in [0.15, 0.2) is 48.8 Å². The normalized spacial score (nSPS) is 16.5. The van der Waals surface area contributed by atoms with Gasteiger partial charge in [-0.2, -0.15) is 0 Å². The van der Waals surface area contributed by atoms with Crippen molar-refractivity contribution >= 4 is 38.0 Å². The van der Waals surface area contributed by atoms with E-state index in [4.69, 9.17) is 9.72 Å². The van der Waals surface area contributed by atoms with Gasteiger partial charge in [0.2, 0.25) is 0 Å². The molecule has 3 aromatic heterocycles. The van der Waals surface area contributed by atoms with E-state index in [1.54, 1.807) is 27.1 Å². The molecule has 1 unspecified atom stereocenters. The molecule has 1 N–H and O–H groups in total. The topological polar surface area (TPSA) is 56.8 Å². The Kier molecular flexibility index (Phi) is 3.79. The Morgan fingerprint density at radius 1 is 1.17 bits per heavy atom. The summed E-state index contributed by atoms with van der Waals surface area (Å²) in [6.07, 6.45) is 2.83. The highest BCUT2D eigenvalue weighted by Crippen LogP contribution is 2.33. The minimum Gasteiger partial charge on any atom is -0.486 e. The molecule has 29 heavy (non-hydrogen) atoms. The first kappa shape index (κ1) is 16.9. The van der Waals surface area contributed by atoms with Crippen molar-refractivity contribution in [2.45, 2.75) is 19.6 Å². The number of likely N-dealkylation sites (N-methyl/N-ethyl adjacent to an activating group) is 1. The summed E-state index contributed by atoms with van der Waals surface area (Å²) in [5, 5.41) is 8.14. The van der Waals surface area contributed by atoms with Crippen molar-refractivity contribution in [3.05, 3.63) is 65.1 Å². The number of nitrogens with one attached hydrogen (secondary N) is 1. The minimum atomic E-state index is 0.334. The molecule has 1 aliphatic rings.